The van der Waals surface area contributed by atoms with Gasteiger partial charge in [0.2, 0.25) is 0 Å². The van der Waals surface area contributed by atoms with Crippen LogP contribution in [0.3, 0.4) is 0 Å². The number of rotatable bonds is 3. The molecule has 1 atom stereocenters. The number of nitrogens with zero attached hydrogens (tertiary/aromatic N) is 1. The van der Waals surface area contributed by atoms with Gasteiger partial charge in [0.1, 0.15) is 0 Å². The Morgan fingerprint density at radius 3 is 1.95 bits per heavy atom. The molecule has 1 unspecified atom stereocenters. The van der Waals surface area contributed by atoms with E-state index in [1.807, 2.05) is 0 Å². The van der Waals surface area contributed by atoms with E-state index in [1.54, 1.807) is 0 Å². The van der Waals surface area contributed by atoms with Gasteiger partial charge in [-0.2, -0.15) is 0 Å². The van der Waals surface area contributed by atoms with Gasteiger partial charge in [0, 0.05) is 43.9 Å². The molecule has 0 bridgehead atoms. The van der Waals surface area contributed by atoms with E-state index in [-0.39, 0.29) is 12.5 Å². The third-order valence-corrected chi connectivity index (χ3v) is 4.58. The van der Waals surface area contributed by atoms with Gasteiger partial charge in [-0.1, -0.05) is 38.8 Å². The highest BCUT2D eigenvalue weighted by atomic mass is 79.9. The van der Waals surface area contributed by atoms with Gasteiger partial charge in [0.25, 0.3) is 0 Å². The zero-order valence-corrected chi connectivity index (χ0v) is 14.3. The van der Waals surface area contributed by atoms with Crippen molar-refractivity contribution < 1.29 is 5.11 Å². The van der Waals surface area contributed by atoms with Crippen LogP contribution in [0.2, 0.25) is 0 Å². The fraction of sp³-hybridized carbons (Fsp3) is 0.250. The molecule has 0 saturated heterocycles. The summed E-state index contributed by atoms with van der Waals surface area (Å²) in [4.78, 5) is 0. The van der Waals surface area contributed by atoms with Crippen LogP contribution in [0.4, 0.5) is 0 Å². The second-order valence-corrected chi connectivity index (χ2v) is 7.05. The first-order valence-corrected chi connectivity index (χ1v) is 8.16. The summed E-state index contributed by atoms with van der Waals surface area (Å²) < 4.78 is 4.46. The quantitative estimate of drug-likeness (QED) is 0.665. The molecule has 20 heavy (non-hydrogen) atoms. The van der Waals surface area contributed by atoms with Crippen LogP contribution >= 0.6 is 31.9 Å². The molecule has 0 aliphatic carbocycles. The lowest BCUT2D eigenvalue weighted by molar-refractivity contribution is 0.225. The summed E-state index contributed by atoms with van der Waals surface area (Å²) in [7, 11) is 0. The first-order chi connectivity index (χ1) is 9.60. The Balaban J connectivity index is 2.34. The summed E-state index contributed by atoms with van der Waals surface area (Å²) >= 11 is 7.10. The molecule has 1 N–H and O–H groups in total. The third-order valence-electron chi connectivity index (χ3n) is 3.59. The van der Waals surface area contributed by atoms with Crippen molar-refractivity contribution in [3.8, 4) is 0 Å². The van der Waals surface area contributed by atoms with E-state index in [2.05, 4.69) is 79.7 Å². The molecule has 0 aliphatic heterocycles. The number of aromatic nitrogens is 1. The van der Waals surface area contributed by atoms with Crippen LogP contribution in [0.1, 0.15) is 6.92 Å². The molecule has 3 rings (SSSR count). The number of aliphatic hydroxyl groups excluding tert-OH is 1. The smallest absolute Gasteiger partial charge is 0.0492 e. The second kappa shape index (κ2) is 5.51. The monoisotopic (exact) mass is 395 g/mol. The van der Waals surface area contributed by atoms with Gasteiger partial charge < -0.3 is 9.67 Å². The van der Waals surface area contributed by atoms with Gasteiger partial charge in [-0.3, -0.25) is 0 Å². The molecule has 1 heterocycles. The van der Waals surface area contributed by atoms with Gasteiger partial charge in [0.15, 0.2) is 0 Å². The summed E-state index contributed by atoms with van der Waals surface area (Å²) in [6.45, 7) is 3.09. The standard InChI is InChI=1S/C16H15Br2NO/c1-10(9-20)8-19-15-4-2-11(17)6-13(15)14-7-12(18)3-5-16(14)19/h2-7,10,20H,8-9H2,1H3. The van der Waals surface area contributed by atoms with Gasteiger partial charge in [-0.15, -0.1) is 0 Å². The Morgan fingerprint density at radius 2 is 1.50 bits per heavy atom. The highest BCUT2D eigenvalue weighted by Crippen LogP contribution is 2.33. The molecule has 104 valence electrons. The van der Waals surface area contributed by atoms with Crippen LogP contribution in [0.25, 0.3) is 21.8 Å². The molecule has 0 aliphatic rings. The number of halogens is 2. The van der Waals surface area contributed by atoms with Crippen molar-refractivity contribution in [2.45, 2.75) is 13.5 Å². The van der Waals surface area contributed by atoms with E-state index in [9.17, 15) is 5.11 Å². The van der Waals surface area contributed by atoms with Crippen LogP contribution in [-0.2, 0) is 6.54 Å². The van der Waals surface area contributed by atoms with Crippen molar-refractivity contribution in [3.05, 3.63) is 45.3 Å². The van der Waals surface area contributed by atoms with E-state index in [1.165, 1.54) is 21.8 Å². The predicted octanol–water partition coefficient (Wildman–Crippen LogP) is 4.95. The molecular formula is C16H15Br2NO. The zero-order chi connectivity index (χ0) is 14.3. The van der Waals surface area contributed by atoms with Crippen molar-refractivity contribution in [2.24, 2.45) is 5.92 Å². The van der Waals surface area contributed by atoms with Gasteiger partial charge in [-0.05, 0) is 42.3 Å². The van der Waals surface area contributed by atoms with E-state index in [4.69, 9.17) is 0 Å². The molecular weight excluding hydrogens is 382 g/mol. The summed E-state index contributed by atoms with van der Waals surface area (Å²) in [6, 6.07) is 12.7. The average Bonchev–Trinajstić information content (AvgIpc) is 2.72. The lowest BCUT2D eigenvalue weighted by Crippen LogP contribution is -2.10. The number of fused-ring (bicyclic) bond motifs is 3. The fourth-order valence-corrected chi connectivity index (χ4v) is 3.34. The van der Waals surface area contributed by atoms with Crippen molar-refractivity contribution >= 4 is 53.7 Å². The van der Waals surface area contributed by atoms with Gasteiger partial charge >= 0.3 is 0 Å². The maximum atomic E-state index is 9.34. The molecule has 4 heteroatoms. The highest BCUT2D eigenvalue weighted by molar-refractivity contribution is 9.10. The van der Waals surface area contributed by atoms with Crippen molar-refractivity contribution in [3.63, 3.8) is 0 Å². The first-order valence-electron chi connectivity index (χ1n) is 6.58. The maximum absolute atomic E-state index is 9.34. The highest BCUT2D eigenvalue weighted by Gasteiger charge is 2.13. The Morgan fingerprint density at radius 1 is 1.00 bits per heavy atom. The SMILES string of the molecule is CC(CO)Cn1c2ccc(Br)cc2c2cc(Br)ccc21. The summed E-state index contributed by atoms with van der Waals surface area (Å²) in [6.07, 6.45) is 0. The molecule has 1 aromatic heterocycles. The molecule has 2 nitrogen and oxygen atoms in total. The van der Waals surface area contributed by atoms with E-state index in [0.717, 1.165) is 15.5 Å². The molecule has 0 fully saturated rings. The molecule has 2 aromatic carbocycles. The Hall–Kier alpha value is -0.840. The van der Waals surface area contributed by atoms with Crippen molar-refractivity contribution in [2.75, 3.05) is 6.61 Å². The van der Waals surface area contributed by atoms with Crippen LogP contribution in [0.15, 0.2) is 45.3 Å². The van der Waals surface area contributed by atoms with E-state index >= 15 is 0 Å². The Kier molecular flexibility index (Phi) is 3.89. The predicted molar refractivity (Wildman–Crippen MR) is 91.1 cm³/mol. The molecule has 0 amide bonds. The fourth-order valence-electron chi connectivity index (χ4n) is 2.61. The third kappa shape index (κ3) is 2.41. The number of aliphatic hydroxyl groups is 1. The minimum Gasteiger partial charge on any atom is -0.396 e. The molecule has 3 aromatic rings. The largest absolute Gasteiger partial charge is 0.396 e. The normalized spacial score (nSPS) is 13.2. The van der Waals surface area contributed by atoms with E-state index < -0.39 is 0 Å². The second-order valence-electron chi connectivity index (χ2n) is 5.22. The molecule has 0 saturated carbocycles. The van der Waals surface area contributed by atoms with Crippen LogP contribution in [-0.4, -0.2) is 16.3 Å². The average molecular weight is 397 g/mol. The molecule has 0 spiro atoms. The Labute approximate surface area is 134 Å². The Bertz CT molecular complexity index is 720. The summed E-state index contributed by atoms with van der Waals surface area (Å²) in [5.74, 6) is 0.237. The minimum absolute atomic E-state index is 0.203. The van der Waals surface area contributed by atoms with Crippen molar-refractivity contribution in [1.29, 1.82) is 0 Å². The lowest BCUT2D eigenvalue weighted by Gasteiger charge is -2.12. The van der Waals surface area contributed by atoms with Gasteiger partial charge in [0.05, 0.1) is 0 Å². The number of hydrogen-bond donors (Lipinski definition) is 1. The van der Waals surface area contributed by atoms with Gasteiger partial charge in [-0.25, -0.2) is 0 Å². The van der Waals surface area contributed by atoms with Crippen LogP contribution in [0, 0.1) is 5.92 Å². The van der Waals surface area contributed by atoms with Crippen LogP contribution < -0.4 is 0 Å². The summed E-state index contributed by atoms with van der Waals surface area (Å²) in [5.41, 5.74) is 2.42. The lowest BCUT2D eigenvalue weighted by atomic mass is 10.2. The zero-order valence-electron chi connectivity index (χ0n) is 11.1. The molecule has 0 radical (unpaired) electrons. The van der Waals surface area contributed by atoms with Crippen molar-refractivity contribution in [1.82, 2.24) is 4.57 Å². The van der Waals surface area contributed by atoms with Crippen LogP contribution in [0.5, 0.6) is 0 Å². The maximum Gasteiger partial charge on any atom is 0.0492 e. The topological polar surface area (TPSA) is 25.2 Å². The number of hydrogen-bond acceptors (Lipinski definition) is 1. The summed E-state index contributed by atoms with van der Waals surface area (Å²) in [5, 5.41) is 11.8. The van der Waals surface area contributed by atoms with E-state index in [0.29, 0.717) is 0 Å². The minimum atomic E-state index is 0.203. The first kappa shape index (κ1) is 14.1. The number of benzene rings is 2.